The molecule has 0 saturated heterocycles. The molecular weight excluding hydrogens is 473 g/mol. The van der Waals surface area contributed by atoms with Crippen LogP contribution in [0.5, 0.6) is 5.75 Å². The van der Waals surface area contributed by atoms with Crippen molar-refractivity contribution in [3.8, 4) is 16.9 Å². The Morgan fingerprint density at radius 3 is 2.62 bits per heavy atom. The zero-order valence-corrected chi connectivity index (χ0v) is 20.1. The van der Waals surface area contributed by atoms with Crippen LogP contribution in [0.25, 0.3) is 22.2 Å². The molecule has 0 unspecified atom stereocenters. The molecule has 2 aromatic carbocycles. The van der Waals surface area contributed by atoms with E-state index in [1.54, 1.807) is 30.6 Å². The molecule has 34 heavy (non-hydrogen) atoms. The van der Waals surface area contributed by atoms with E-state index in [-0.39, 0.29) is 11.9 Å². The van der Waals surface area contributed by atoms with E-state index in [4.69, 9.17) is 27.9 Å². The highest BCUT2D eigenvalue weighted by Gasteiger charge is 2.26. The number of nitrogens with one attached hydrogen (secondary N) is 1. The van der Waals surface area contributed by atoms with Crippen LogP contribution in [0.1, 0.15) is 28.4 Å². The van der Waals surface area contributed by atoms with Gasteiger partial charge in [-0.05, 0) is 29.8 Å². The smallest absolute Gasteiger partial charge is 0.255 e. The number of ether oxygens (including phenoxy) is 1. The number of hydrogen-bond donors (Lipinski definition) is 1. The van der Waals surface area contributed by atoms with Gasteiger partial charge in [0.1, 0.15) is 16.8 Å². The summed E-state index contributed by atoms with van der Waals surface area (Å²) in [5.74, 6) is 0.553. The van der Waals surface area contributed by atoms with Gasteiger partial charge in [-0.2, -0.15) is 5.10 Å². The molecule has 0 aliphatic carbocycles. The number of carbonyl (C=O) groups is 1. The quantitative estimate of drug-likeness (QED) is 0.414. The van der Waals surface area contributed by atoms with Gasteiger partial charge in [0.05, 0.1) is 30.1 Å². The Labute approximate surface area is 206 Å². The molecule has 0 bridgehead atoms. The fraction of sp³-hybridized carbons (Fsp3) is 0.200. The number of halogens is 2. The summed E-state index contributed by atoms with van der Waals surface area (Å²) in [5.41, 5.74) is 4.61. The number of aromatic nitrogens is 3. The maximum atomic E-state index is 13.4. The summed E-state index contributed by atoms with van der Waals surface area (Å²) in [6.07, 6.45) is 3.88. The van der Waals surface area contributed by atoms with Gasteiger partial charge in [-0.1, -0.05) is 41.4 Å². The predicted molar refractivity (Wildman–Crippen MR) is 134 cm³/mol. The number of benzene rings is 2. The molecule has 0 fully saturated rings. The van der Waals surface area contributed by atoms with Crippen molar-refractivity contribution in [2.75, 3.05) is 25.6 Å². The second-order valence-electron chi connectivity index (χ2n) is 8.23. The molecule has 7 nitrogen and oxygen atoms in total. The predicted octanol–water partition coefficient (Wildman–Crippen LogP) is 5.32. The number of pyridine rings is 1. The van der Waals surface area contributed by atoms with Crippen molar-refractivity contribution in [1.82, 2.24) is 20.5 Å². The summed E-state index contributed by atoms with van der Waals surface area (Å²) in [4.78, 5) is 19.9. The summed E-state index contributed by atoms with van der Waals surface area (Å²) in [6, 6.07) is 12.8. The highest BCUT2D eigenvalue weighted by Crippen LogP contribution is 2.36. The zero-order chi connectivity index (χ0) is 23.8. The molecule has 1 aliphatic rings. The maximum Gasteiger partial charge on any atom is 0.255 e. The molecule has 1 N–H and O–H groups in total. The van der Waals surface area contributed by atoms with E-state index in [1.165, 1.54) is 0 Å². The van der Waals surface area contributed by atoms with E-state index in [1.807, 2.05) is 43.3 Å². The molecule has 9 heteroatoms. The van der Waals surface area contributed by atoms with Gasteiger partial charge >= 0.3 is 0 Å². The third kappa shape index (κ3) is 4.13. The number of carbonyl (C=O) groups excluding carboxylic acids is 1. The van der Waals surface area contributed by atoms with Crippen LogP contribution in [0.3, 0.4) is 0 Å². The Balaban J connectivity index is 1.58. The molecule has 0 radical (unpaired) electrons. The zero-order valence-electron chi connectivity index (χ0n) is 18.5. The van der Waals surface area contributed by atoms with Gasteiger partial charge in [0, 0.05) is 47.9 Å². The van der Waals surface area contributed by atoms with Crippen molar-refractivity contribution in [3.05, 3.63) is 76.0 Å². The molecule has 172 valence electrons. The summed E-state index contributed by atoms with van der Waals surface area (Å²) in [6.45, 7) is 0.537. The highest BCUT2D eigenvalue weighted by molar-refractivity contribution is 6.35. The van der Waals surface area contributed by atoms with E-state index >= 15 is 0 Å². The largest absolute Gasteiger partial charge is 0.493 e. The molecule has 1 atom stereocenters. The number of amides is 1. The average molecular weight is 494 g/mol. The average Bonchev–Trinajstić information content (AvgIpc) is 2.82. The maximum absolute atomic E-state index is 13.4. The minimum atomic E-state index is -0.238. The molecule has 1 amide bonds. The number of hydrogen-bond acceptors (Lipinski definition) is 6. The van der Waals surface area contributed by atoms with Crippen LogP contribution in [-0.4, -0.2) is 41.8 Å². The van der Waals surface area contributed by atoms with Crippen molar-refractivity contribution in [1.29, 1.82) is 0 Å². The third-order valence-corrected chi connectivity index (χ3v) is 6.19. The van der Waals surface area contributed by atoms with Crippen LogP contribution < -0.4 is 15.0 Å². The molecule has 2 aromatic heterocycles. The Morgan fingerprint density at radius 2 is 1.85 bits per heavy atom. The summed E-state index contributed by atoms with van der Waals surface area (Å²) in [7, 11) is 3.72. The first kappa shape index (κ1) is 22.4. The number of para-hydroxylation sites is 1. The van der Waals surface area contributed by atoms with Crippen LogP contribution in [-0.2, 0) is 0 Å². The molecular formula is C25H21Cl2N5O2. The van der Waals surface area contributed by atoms with E-state index < -0.39 is 0 Å². The Morgan fingerprint density at radius 1 is 1.09 bits per heavy atom. The fourth-order valence-electron chi connectivity index (χ4n) is 4.26. The van der Waals surface area contributed by atoms with Gasteiger partial charge in [0.15, 0.2) is 0 Å². The fourth-order valence-corrected chi connectivity index (χ4v) is 4.78. The molecule has 5 rings (SSSR count). The highest BCUT2D eigenvalue weighted by atomic mass is 35.5. The summed E-state index contributed by atoms with van der Waals surface area (Å²) < 4.78 is 5.72. The monoisotopic (exact) mass is 493 g/mol. The van der Waals surface area contributed by atoms with Gasteiger partial charge < -0.3 is 15.0 Å². The van der Waals surface area contributed by atoms with Crippen LogP contribution in [0.4, 0.5) is 5.69 Å². The molecule has 0 spiro atoms. The number of anilines is 1. The van der Waals surface area contributed by atoms with Gasteiger partial charge in [0.2, 0.25) is 0 Å². The van der Waals surface area contributed by atoms with Crippen molar-refractivity contribution in [2.45, 2.75) is 12.5 Å². The number of nitrogens with zero attached hydrogens (tertiary/aromatic N) is 4. The van der Waals surface area contributed by atoms with E-state index in [0.29, 0.717) is 45.4 Å². The lowest BCUT2D eigenvalue weighted by Crippen LogP contribution is -2.33. The number of rotatable bonds is 4. The lowest BCUT2D eigenvalue weighted by atomic mass is 10.00. The van der Waals surface area contributed by atoms with E-state index in [9.17, 15) is 4.79 Å². The second kappa shape index (κ2) is 9.08. The van der Waals surface area contributed by atoms with Crippen molar-refractivity contribution in [2.24, 2.45) is 0 Å². The summed E-state index contributed by atoms with van der Waals surface area (Å²) in [5, 5.41) is 12.7. The van der Waals surface area contributed by atoms with E-state index in [0.717, 1.165) is 22.4 Å². The molecule has 3 heterocycles. The lowest BCUT2D eigenvalue weighted by Gasteiger charge is -2.27. The van der Waals surface area contributed by atoms with Crippen LogP contribution in [0.15, 0.2) is 54.9 Å². The van der Waals surface area contributed by atoms with Crippen molar-refractivity contribution < 1.29 is 9.53 Å². The number of fused-ring (bicyclic) bond motifs is 2. The topological polar surface area (TPSA) is 80.2 Å². The van der Waals surface area contributed by atoms with Crippen LogP contribution in [0.2, 0.25) is 10.0 Å². The van der Waals surface area contributed by atoms with Crippen molar-refractivity contribution in [3.63, 3.8) is 0 Å². The Bertz CT molecular complexity index is 1390. The first-order valence-electron chi connectivity index (χ1n) is 10.7. The van der Waals surface area contributed by atoms with E-state index in [2.05, 4.69) is 20.5 Å². The van der Waals surface area contributed by atoms with Gasteiger partial charge in [-0.3, -0.25) is 9.78 Å². The van der Waals surface area contributed by atoms with Crippen LogP contribution >= 0.6 is 23.2 Å². The third-order valence-electron chi connectivity index (χ3n) is 5.76. The second-order valence-corrected chi connectivity index (χ2v) is 9.10. The first-order chi connectivity index (χ1) is 16.4. The standard InChI is InChI=1S/C25H21Cl2N5O2/c1-32(2)24-19(25(33)30-20-7-8-34-21-6-4-3-5-17(20)21)12-28-22-18(13-29-31-23(22)24)14-9-15(26)11-16(27)10-14/h3-6,9-13,20H,7-8H2,1-2H3,(H,30,33)/t20-/m0/s1. The Hall–Kier alpha value is -3.42. The Kier molecular flexibility index (Phi) is 5.98. The first-order valence-corrected chi connectivity index (χ1v) is 11.5. The molecule has 0 saturated carbocycles. The van der Waals surface area contributed by atoms with Gasteiger partial charge in [-0.25, -0.2) is 0 Å². The van der Waals surface area contributed by atoms with Gasteiger partial charge in [-0.15, -0.1) is 5.10 Å². The van der Waals surface area contributed by atoms with Crippen molar-refractivity contribution >= 4 is 45.8 Å². The lowest BCUT2D eigenvalue weighted by molar-refractivity contribution is 0.0925. The minimum Gasteiger partial charge on any atom is -0.493 e. The summed E-state index contributed by atoms with van der Waals surface area (Å²) >= 11 is 12.4. The van der Waals surface area contributed by atoms with Gasteiger partial charge in [0.25, 0.3) is 5.91 Å². The van der Waals surface area contributed by atoms with Crippen LogP contribution in [0, 0.1) is 0 Å². The molecule has 4 aromatic rings. The SMILES string of the molecule is CN(C)c1c(C(=O)N[C@H]2CCOc3ccccc32)cnc2c(-c3cc(Cl)cc(Cl)c3)cnnc12. The minimum absolute atomic E-state index is 0.158. The molecule has 1 aliphatic heterocycles. The normalized spacial score (nSPS) is 14.9.